The number of anilines is 1. The normalized spacial score (nSPS) is 17.5. The Hall–Kier alpha value is -1.19. The molecule has 4 heteroatoms. The highest BCUT2D eigenvalue weighted by Crippen LogP contribution is 2.28. The highest BCUT2D eigenvalue weighted by Gasteiger charge is 2.22. The minimum absolute atomic E-state index is 0.0165. The largest absolute Gasteiger partial charge is 0.393 e. The average molecular weight is 237 g/mol. The summed E-state index contributed by atoms with van der Waals surface area (Å²) < 4.78 is 4.01. The van der Waals surface area contributed by atoms with E-state index in [0.29, 0.717) is 11.7 Å². The molecule has 96 valence electrons. The van der Waals surface area contributed by atoms with E-state index >= 15 is 0 Å². The first-order valence-corrected chi connectivity index (χ1v) is 6.74. The van der Waals surface area contributed by atoms with E-state index in [1.54, 1.807) is 0 Å². The fraction of sp³-hybridized carbons (Fsp3) is 0.769. The highest BCUT2D eigenvalue weighted by molar-refractivity contribution is 5.40. The number of rotatable bonds is 3. The second-order valence-electron chi connectivity index (χ2n) is 5.06. The lowest BCUT2D eigenvalue weighted by atomic mass is 9.96. The zero-order valence-corrected chi connectivity index (χ0v) is 10.9. The smallest absolute Gasteiger partial charge is 0.290 e. The summed E-state index contributed by atoms with van der Waals surface area (Å²) in [4.78, 5) is 12.2. The van der Waals surface area contributed by atoms with E-state index in [1.165, 1.54) is 19.3 Å². The van der Waals surface area contributed by atoms with Crippen LogP contribution in [0, 0.1) is 6.92 Å². The first-order chi connectivity index (χ1) is 8.16. The summed E-state index contributed by atoms with van der Waals surface area (Å²) in [6.07, 6.45) is 7.02. The van der Waals surface area contributed by atoms with Crippen molar-refractivity contribution in [1.29, 1.82) is 0 Å². The molecule has 1 aliphatic rings. The van der Waals surface area contributed by atoms with E-state index in [4.69, 9.17) is 5.73 Å². The van der Waals surface area contributed by atoms with E-state index in [0.717, 1.165) is 31.5 Å². The number of hydrogen-bond donors (Lipinski definition) is 1. The maximum Gasteiger partial charge on any atom is 0.290 e. The second-order valence-corrected chi connectivity index (χ2v) is 5.06. The maximum absolute atomic E-state index is 12.2. The van der Waals surface area contributed by atoms with Crippen molar-refractivity contribution in [3.8, 4) is 0 Å². The van der Waals surface area contributed by atoms with E-state index in [1.807, 2.05) is 11.6 Å². The number of aromatic nitrogens is 2. The van der Waals surface area contributed by atoms with Crippen LogP contribution in [0.4, 0.5) is 5.69 Å². The summed E-state index contributed by atoms with van der Waals surface area (Å²) in [5, 5.41) is 0. The highest BCUT2D eigenvalue weighted by atomic mass is 16.1. The van der Waals surface area contributed by atoms with Gasteiger partial charge in [0.2, 0.25) is 0 Å². The predicted molar refractivity (Wildman–Crippen MR) is 70.3 cm³/mol. The van der Waals surface area contributed by atoms with Gasteiger partial charge in [-0.15, -0.1) is 0 Å². The predicted octanol–water partition coefficient (Wildman–Crippen LogP) is 2.46. The molecule has 1 saturated carbocycles. The molecule has 1 heterocycles. The van der Waals surface area contributed by atoms with Gasteiger partial charge in [0.25, 0.3) is 5.56 Å². The van der Waals surface area contributed by atoms with Crippen LogP contribution in [0.1, 0.15) is 57.2 Å². The van der Waals surface area contributed by atoms with Crippen molar-refractivity contribution in [2.75, 3.05) is 5.73 Å². The Balaban J connectivity index is 2.43. The number of nitrogen functional groups attached to an aromatic ring is 1. The monoisotopic (exact) mass is 237 g/mol. The second kappa shape index (κ2) is 4.98. The van der Waals surface area contributed by atoms with E-state index in [9.17, 15) is 4.79 Å². The van der Waals surface area contributed by atoms with E-state index in [-0.39, 0.29) is 5.56 Å². The molecular weight excluding hydrogens is 214 g/mol. The van der Waals surface area contributed by atoms with Crippen LogP contribution in [-0.2, 0) is 6.54 Å². The van der Waals surface area contributed by atoms with Crippen molar-refractivity contribution in [2.45, 2.75) is 65.0 Å². The molecule has 1 aliphatic carbocycles. The van der Waals surface area contributed by atoms with Gasteiger partial charge < -0.3 is 5.73 Å². The maximum atomic E-state index is 12.2. The van der Waals surface area contributed by atoms with Crippen LogP contribution >= 0.6 is 0 Å². The molecule has 0 aliphatic heterocycles. The lowest BCUT2D eigenvalue weighted by Crippen LogP contribution is -2.30. The lowest BCUT2D eigenvalue weighted by Gasteiger charge is -2.25. The fourth-order valence-corrected chi connectivity index (χ4v) is 2.86. The van der Waals surface area contributed by atoms with Gasteiger partial charge in [-0.25, -0.2) is 4.68 Å². The quantitative estimate of drug-likeness (QED) is 0.878. The van der Waals surface area contributed by atoms with Crippen LogP contribution in [0.25, 0.3) is 0 Å². The van der Waals surface area contributed by atoms with Gasteiger partial charge in [-0.3, -0.25) is 9.48 Å². The van der Waals surface area contributed by atoms with Gasteiger partial charge in [0.1, 0.15) is 5.69 Å². The number of nitrogens with two attached hydrogens (primary N) is 1. The molecule has 1 fully saturated rings. The van der Waals surface area contributed by atoms with Gasteiger partial charge in [0.15, 0.2) is 0 Å². The van der Waals surface area contributed by atoms with Gasteiger partial charge in [-0.1, -0.05) is 26.2 Å². The summed E-state index contributed by atoms with van der Waals surface area (Å²) in [5.41, 5.74) is 7.27. The topological polar surface area (TPSA) is 52.9 Å². The molecule has 0 spiro atoms. The first kappa shape index (κ1) is 12.3. The molecule has 0 amide bonds. The van der Waals surface area contributed by atoms with Crippen LogP contribution in [0.2, 0.25) is 0 Å². The molecular formula is C13H23N3O. The van der Waals surface area contributed by atoms with Crippen molar-refractivity contribution in [3.63, 3.8) is 0 Å². The van der Waals surface area contributed by atoms with Gasteiger partial charge >= 0.3 is 0 Å². The van der Waals surface area contributed by atoms with Gasteiger partial charge in [0, 0.05) is 6.54 Å². The van der Waals surface area contributed by atoms with Crippen LogP contribution in [0.15, 0.2) is 4.79 Å². The van der Waals surface area contributed by atoms with E-state index < -0.39 is 0 Å². The zero-order valence-electron chi connectivity index (χ0n) is 10.9. The zero-order chi connectivity index (χ0) is 12.4. The Morgan fingerprint density at radius 3 is 2.53 bits per heavy atom. The van der Waals surface area contributed by atoms with Crippen LogP contribution < -0.4 is 11.3 Å². The van der Waals surface area contributed by atoms with Crippen molar-refractivity contribution in [3.05, 3.63) is 16.0 Å². The van der Waals surface area contributed by atoms with Crippen molar-refractivity contribution >= 4 is 5.69 Å². The summed E-state index contributed by atoms with van der Waals surface area (Å²) in [6.45, 7) is 4.96. The fourth-order valence-electron chi connectivity index (χ4n) is 2.86. The van der Waals surface area contributed by atoms with Gasteiger partial charge in [-0.05, 0) is 26.2 Å². The van der Waals surface area contributed by atoms with Crippen LogP contribution in [0.3, 0.4) is 0 Å². The molecule has 0 atom stereocenters. The Morgan fingerprint density at radius 2 is 1.94 bits per heavy atom. The molecule has 0 saturated heterocycles. The van der Waals surface area contributed by atoms with Crippen LogP contribution in [-0.4, -0.2) is 9.36 Å². The molecule has 0 aromatic carbocycles. The van der Waals surface area contributed by atoms with Crippen LogP contribution in [0.5, 0.6) is 0 Å². The standard InChI is InChI=1S/C13H23N3O/c1-3-9-15-10(2)12(14)13(17)16(15)11-7-5-4-6-8-11/h11H,3-9,14H2,1-2H3. The third-order valence-corrected chi connectivity index (χ3v) is 3.83. The Morgan fingerprint density at radius 1 is 1.29 bits per heavy atom. The summed E-state index contributed by atoms with van der Waals surface area (Å²) >= 11 is 0. The number of hydrogen-bond acceptors (Lipinski definition) is 2. The molecule has 1 aromatic heterocycles. The first-order valence-electron chi connectivity index (χ1n) is 6.74. The Kier molecular flexibility index (Phi) is 3.60. The average Bonchev–Trinajstić information content (AvgIpc) is 2.56. The summed E-state index contributed by atoms with van der Waals surface area (Å²) in [7, 11) is 0. The molecule has 2 N–H and O–H groups in total. The molecule has 0 bridgehead atoms. The third-order valence-electron chi connectivity index (χ3n) is 3.83. The third kappa shape index (κ3) is 2.13. The van der Waals surface area contributed by atoms with E-state index in [2.05, 4.69) is 11.6 Å². The lowest BCUT2D eigenvalue weighted by molar-refractivity contribution is 0.278. The minimum atomic E-state index is 0.0165. The summed E-state index contributed by atoms with van der Waals surface area (Å²) in [6, 6.07) is 0.360. The Labute approximate surface area is 102 Å². The molecule has 0 unspecified atom stereocenters. The van der Waals surface area contributed by atoms with Gasteiger partial charge in [0.05, 0.1) is 11.7 Å². The molecule has 1 aromatic rings. The van der Waals surface area contributed by atoms with Crippen molar-refractivity contribution < 1.29 is 0 Å². The van der Waals surface area contributed by atoms with Crippen molar-refractivity contribution in [2.24, 2.45) is 0 Å². The van der Waals surface area contributed by atoms with Gasteiger partial charge in [-0.2, -0.15) is 0 Å². The molecule has 17 heavy (non-hydrogen) atoms. The Bertz CT molecular complexity index is 438. The summed E-state index contributed by atoms with van der Waals surface area (Å²) in [5.74, 6) is 0. The molecule has 2 rings (SSSR count). The molecule has 4 nitrogen and oxygen atoms in total. The minimum Gasteiger partial charge on any atom is -0.393 e. The van der Waals surface area contributed by atoms with Crippen molar-refractivity contribution in [1.82, 2.24) is 9.36 Å². The SMILES string of the molecule is CCCn1c(C)c(N)c(=O)n1C1CCCCC1. The number of nitrogens with zero attached hydrogens (tertiary/aromatic N) is 2. The molecule has 0 radical (unpaired) electrons.